The highest BCUT2D eigenvalue weighted by atomic mass is 16.4. The van der Waals surface area contributed by atoms with Gasteiger partial charge in [0, 0.05) is 6.04 Å². The maximum atomic E-state index is 10.9. The van der Waals surface area contributed by atoms with E-state index in [4.69, 9.17) is 5.11 Å². The number of unbranched alkanes of at least 4 members (excludes halogenated alkanes) is 7. The maximum absolute atomic E-state index is 10.9. The van der Waals surface area contributed by atoms with E-state index in [2.05, 4.69) is 12.2 Å². The van der Waals surface area contributed by atoms with Gasteiger partial charge in [0.15, 0.2) is 0 Å². The minimum absolute atomic E-state index is 0.298. The number of nitrogens with one attached hydrogen (secondary N) is 1. The first-order chi connectivity index (χ1) is 9.24. The van der Waals surface area contributed by atoms with Gasteiger partial charge in [-0.1, -0.05) is 58.3 Å². The molecule has 1 aliphatic rings. The Kier molecular flexibility index (Phi) is 8.89. The van der Waals surface area contributed by atoms with E-state index in [0.29, 0.717) is 6.04 Å². The second kappa shape index (κ2) is 10.2. The molecule has 19 heavy (non-hydrogen) atoms. The zero-order chi connectivity index (χ0) is 13.9. The minimum atomic E-state index is -0.680. The predicted octanol–water partition coefficient (Wildman–Crippen LogP) is 4.11. The lowest BCUT2D eigenvalue weighted by Crippen LogP contribution is -2.46. The van der Waals surface area contributed by atoms with E-state index in [0.717, 1.165) is 25.7 Å². The Labute approximate surface area is 118 Å². The van der Waals surface area contributed by atoms with Gasteiger partial charge in [0.1, 0.15) is 6.04 Å². The second-order valence-electron chi connectivity index (χ2n) is 5.95. The van der Waals surface area contributed by atoms with Crippen molar-refractivity contribution < 1.29 is 9.90 Å². The van der Waals surface area contributed by atoms with Crippen molar-refractivity contribution in [1.29, 1.82) is 0 Å². The Morgan fingerprint density at radius 1 is 1.05 bits per heavy atom. The average Bonchev–Trinajstić information content (AvgIpc) is 2.42. The van der Waals surface area contributed by atoms with Gasteiger partial charge < -0.3 is 10.4 Å². The van der Waals surface area contributed by atoms with E-state index in [-0.39, 0.29) is 6.04 Å². The molecule has 0 amide bonds. The summed E-state index contributed by atoms with van der Waals surface area (Å²) in [4.78, 5) is 10.9. The van der Waals surface area contributed by atoms with E-state index in [1.54, 1.807) is 0 Å². The quantitative estimate of drug-likeness (QED) is 0.587. The topological polar surface area (TPSA) is 49.3 Å². The van der Waals surface area contributed by atoms with Gasteiger partial charge in [-0.3, -0.25) is 4.79 Å². The molecule has 2 atom stereocenters. The van der Waals surface area contributed by atoms with Crippen molar-refractivity contribution >= 4 is 5.97 Å². The smallest absolute Gasteiger partial charge is 0.320 e. The molecule has 0 saturated carbocycles. The van der Waals surface area contributed by atoms with Gasteiger partial charge in [-0.05, 0) is 25.7 Å². The third-order valence-corrected chi connectivity index (χ3v) is 4.19. The highest BCUT2D eigenvalue weighted by Crippen LogP contribution is 2.18. The molecule has 0 aromatic carbocycles. The van der Waals surface area contributed by atoms with Gasteiger partial charge in [-0.25, -0.2) is 0 Å². The van der Waals surface area contributed by atoms with Crippen molar-refractivity contribution in [3.05, 3.63) is 0 Å². The van der Waals surface area contributed by atoms with Crippen molar-refractivity contribution in [1.82, 2.24) is 5.32 Å². The van der Waals surface area contributed by atoms with Gasteiger partial charge in [-0.15, -0.1) is 0 Å². The van der Waals surface area contributed by atoms with Crippen LogP contribution < -0.4 is 5.32 Å². The van der Waals surface area contributed by atoms with Crippen LogP contribution in [0.3, 0.4) is 0 Å². The van der Waals surface area contributed by atoms with Gasteiger partial charge >= 0.3 is 5.97 Å². The molecular formula is C16H31NO2. The van der Waals surface area contributed by atoms with Gasteiger partial charge in [0.2, 0.25) is 0 Å². The monoisotopic (exact) mass is 269 g/mol. The molecule has 2 unspecified atom stereocenters. The van der Waals surface area contributed by atoms with Gasteiger partial charge in [-0.2, -0.15) is 0 Å². The average molecular weight is 269 g/mol. The number of piperidine rings is 1. The summed E-state index contributed by atoms with van der Waals surface area (Å²) >= 11 is 0. The molecule has 1 saturated heterocycles. The van der Waals surface area contributed by atoms with Crippen LogP contribution in [0.15, 0.2) is 0 Å². The molecule has 2 N–H and O–H groups in total. The maximum Gasteiger partial charge on any atom is 0.320 e. The lowest BCUT2D eigenvalue weighted by molar-refractivity contribution is -0.140. The number of aliphatic carboxylic acids is 1. The number of carbonyl (C=O) groups is 1. The van der Waals surface area contributed by atoms with Crippen LogP contribution in [-0.4, -0.2) is 23.2 Å². The minimum Gasteiger partial charge on any atom is -0.480 e. The summed E-state index contributed by atoms with van der Waals surface area (Å²) in [5, 5.41) is 12.3. The third-order valence-electron chi connectivity index (χ3n) is 4.19. The molecule has 1 fully saturated rings. The van der Waals surface area contributed by atoms with Crippen LogP contribution in [0, 0.1) is 0 Å². The Hall–Kier alpha value is -0.570. The first-order valence-corrected chi connectivity index (χ1v) is 8.23. The fourth-order valence-corrected chi connectivity index (χ4v) is 2.97. The normalized spacial score (nSPS) is 23.4. The number of hydrogen-bond acceptors (Lipinski definition) is 2. The molecule has 1 aliphatic heterocycles. The summed E-state index contributed by atoms with van der Waals surface area (Å²) < 4.78 is 0. The van der Waals surface area contributed by atoms with E-state index in [9.17, 15) is 4.79 Å². The van der Waals surface area contributed by atoms with Crippen LogP contribution in [0.5, 0.6) is 0 Å². The van der Waals surface area contributed by atoms with Gasteiger partial charge in [0.25, 0.3) is 0 Å². The molecule has 1 heterocycles. The number of carboxylic acid groups (broad SMARTS) is 1. The molecule has 0 bridgehead atoms. The van der Waals surface area contributed by atoms with Crippen LogP contribution in [0.4, 0.5) is 0 Å². The first kappa shape index (κ1) is 16.5. The molecule has 0 radical (unpaired) electrons. The Morgan fingerprint density at radius 2 is 1.68 bits per heavy atom. The van der Waals surface area contributed by atoms with E-state index >= 15 is 0 Å². The molecule has 0 aliphatic carbocycles. The second-order valence-corrected chi connectivity index (χ2v) is 5.95. The number of hydrogen-bond donors (Lipinski definition) is 2. The fraction of sp³-hybridized carbons (Fsp3) is 0.938. The fourth-order valence-electron chi connectivity index (χ4n) is 2.97. The molecule has 1 rings (SSSR count). The van der Waals surface area contributed by atoms with E-state index in [1.165, 1.54) is 51.4 Å². The van der Waals surface area contributed by atoms with Crippen molar-refractivity contribution in [2.75, 3.05) is 0 Å². The molecule has 3 nitrogen and oxygen atoms in total. The highest BCUT2D eigenvalue weighted by Gasteiger charge is 2.25. The molecule has 0 aromatic heterocycles. The van der Waals surface area contributed by atoms with Crippen LogP contribution >= 0.6 is 0 Å². The summed E-state index contributed by atoms with van der Waals surface area (Å²) in [5.74, 6) is -0.680. The lowest BCUT2D eigenvalue weighted by atomic mass is 9.94. The molecule has 0 spiro atoms. The summed E-state index contributed by atoms with van der Waals surface area (Å²) in [6.45, 7) is 2.25. The molecule has 112 valence electrons. The van der Waals surface area contributed by atoms with Crippen LogP contribution in [0.25, 0.3) is 0 Å². The molecule has 3 heteroatoms. The third kappa shape index (κ3) is 7.56. The van der Waals surface area contributed by atoms with E-state index in [1.807, 2.05) is 0 Å². The Morgan fingerprint density at radius 3 is 2.32 bits per heavy atom. The summed E-state index contributed by atoms with van der Waals surface area (Å²) in [5.41, 5.74) is 0. The van der Waals surface area contributed by atoms with Crippen LogP contribution in [-0.2, 0) is 4.79 Å². The number of carboxylic acids is 1. The molecular weight excluding hydrogens is 238 g/mol. The van der Waals surface area contributed by atoms with Crippen molar-refractivity contribution in [2.45, 2.75) is 96.1 Å². The predicted molar refractivity (Wildman–Crippen MR) is 79.4 cm³/mol. The van der Waals surface area contributed by atoms with Crippen LogP contribution in [0.1, 0.15) is 84.0 Å². The standard InChI is InChI=1S/C16H31NO2/c1-2-3-4-5-6-7-8-9-11-14-12-10-13-15(17-14)16(18)19/h14-15,17H,2-13H2,1H3,(H,18,19). The zero-order valence-electron chi connectivity index (χ0n) is 12.5. The van der Waals surface area contributed by atoms with E-state index < -0.39 is 5.97 Å². The van der Waals surface area contributed by atoms with Crippen LogP contribution in [0.2, 0.25) is 0 Å². The summed E-state index contributed by atoms with van der Waals surface area (Å²) in [7, 11) is 0. The Bertz CT molecular complexity index is 243. The summed E-state index contributed by atoms with van der Waals surface area (Å²) in [6.07, 6.45) is 14.9. The number of rotatable bonds is 10. The Balaban J connectivity index is 1.95. The largest absolute Gasteiger partial charge is 0.480 e. The van der Waals surface area contributed by atoms with Crippen molar-refractivity contribution in [3.63, 3.8) is 0 Å². The van der Waals surface area contributed by atoms with Crippen molar-refractivity contribution in [2.24, 2.45) is 0 Å². The molecule has 0 aromatic rings. The zero-order valence-corrected chi connectivity index (χ0v) is 12.5. The highest BCUT2D eigenvalue weighted by molar-refractivity contribution is 5.73. The summed E-state index contributed by atoms with van der Waals surface area (Å²) in [6, 6.07) is 0.141. The van der Waals surface area contributed by atoms with Crippen molar-refractivity contribution in [3.8, 4) is 0 Å². The first-order valence-electron chi connectivity index (χ1n) is 8.23. The SMILES string of the molecule is CCCCCCCCCCC1CCCC(C(=O)O)N1. The lowest BCUT2D eigenvalue weighted by Gasteiger charge is -2.28. The van der Waals surface area contributed by atoms with Gasteiger partial charge in [0.05, 0.1) is 0 Å².